The number of hydrogen-bond acceptors (Lipinski definition) is 6. The second-order valence-electron chi connectivity index (χ2n) is 5.20. The van der Waals surface area contributed by atoms with Crippen molar-refractivity contribution in [3.8, 4) is 0 Å². The number of ketones is 1. The molecule has 0 aromatic heterocycles. The molecule has 3 fully saturated rings. The zero-order chi connectivity index (χ0) is 14.7. The van der Waals surface area contributed by atoms with Gasteiger partial charge in [0.15, 0.2) is 6.29 Å². The third-order valence-corrected chi connectivity index (χ3v) is 4.22. The number of carbonyl (C=O) groups excluding carboxylic acids is 1. The van der Waals surface area contributed by atoms with Gasteiger partial charge in [-0.2, -0.15) is 0 Å². The first-order chi connectivity index (χ1) is 9.24. The summed E-state index contributed by atoms with van der Waals surface area (Å²) < 4.78 is 20.4. The Bertz CT molecular complexity index is 427. The fraction of sp³-hybridized carbons (Fsp3) is 0.909. The molecule has 114 valence electrons. The van der Waals surface area contributed by atoms with E-state index in [4.69, 9.17) is 53.8 Å². The SMILES string of the molecule is CC(=O)C[C@]12OC[C@@H](O)[C@H]1O[C@@H]1O[C@H](C(Cl)(Cl)Cl)O[C@@H]12. The van der Waals surface area contributed by atoms with Crippen LogP contribution in [0.2, 0.25) is 0 Å². The summed E-state index contributed by atoms with van der Waals surface area (Å²) in [5.74, 6) is -0.116. The number of hydrogen-bond donors (Lipinski definition) is 1. The lowest BCUT2D eigenvalue weighted by Crippen LogP contribution is -2.50. The highest BCUT2D eigenvalue weighted by atomic mass is 35.6. The largest absolute Gasteiger partial charge is 0.388 e. The van der Waals surface area contributed by atoms with Gasteiger partial charge in [0, 0.05) is 6.42 Å². The molecule has 3 aliphatic rings. The highest BCUT2D eigenvalue weighted by Gasteiger charge is 2.69. The summed E-state index contributed by atoms with van der Waals surface area (Å²) in [6, 6.07) is 0. The number of Topliss-reactive ketones (excluding diaryl/α,β-unsaturated/α-hetero) is 1. The van der Waals surface area contributed by atoms with Crippen LogP contribution >= 0.6 is 34.8 Å². The van der Waals surface area contributed by atoms with Gasteiger partial charge in [-0.1, -0.05) is 34.8 Å². The molecule has 0 amide bonds. The number of fused-ring (bicyclic) bond motifs is 3. The lowest BCUT2D eigenvalue weighted by molar-refractivity contribution is -0.182. The normalized spacial score (nSPS) is 47.4. The average molecular weight is 348 g/mol. The van der Waals surface area contributed by atoms with Crippen LogP contribution in [0.3, 0.4) is 0 Å². The summed E-state index contributed by atoms with van der Waals surface area (Å²) in [5, 5.41) is 9.91. The molecule has 0 spiro atoms. The second-order valence-corrected chi connectivity index (χ2v) is 7.57. The maximum atomic E-state index is 11.5. The van der Waals surface area contributed by atoms with Gasteiger partial charge in [0.1, 0.15) is 29.7 Å². The predicted molar refractivity (Wildman–Crippen MR) is 68.7 cm³/mol. The third kappa shape index (κ3) is 2.27. The van der Waals surface area contributed by atoms with Crippen molar-refractivity contribution >= 4 is 40.6 Å². The molecule has 0 bridgehead atoms. The molecular formula is C11H13Cl3O6. The van der Waals surface area contributed by atoms with Gasteiger partial charge in [-0.05, 0) is 6.92 Å². The van der Waals surface area contributed by atoms with Gasteiger partial charge in [-0.15, -0.1) is 0 Å². The van der Waals surface area contributed by atoms with Crippen LogP contribution in [0.25, 0.3) is 0 Å². The van der Waals surface area contributed by atoms with Crippen LogP contribution in [-0.4, -0.2) is 57.8 Å². The van der Waals surface area contributed by atoms with Crippen LogP contribution in [-0.2, 0) is 23.7 Å². The highest BCUT2D eigenvalue weighted by Crippen LogP contribution is 2.51. The summed E-state index contributed by atoms with van der Waals surface area (Å²) >= 11 is 17.2. The van der Waals surface area contributed by atoms with E-state index in [0.29, 0.717) is 0 Å². The summed E-state index contributed by atoms with van der Waals surface area (Å²) in [4.78, 5) is 11.5. The molecule has 3 saturated heterocycles. The number of aliphatic hydroxyl groups is 1. The molecule has 0 aromatic carbocycles. The van der Waals surface area contributed by atoms with E-state index < -0.39 is 40.3 Å². The van der Waals surface area contributed by atoms with Gasteiger partial charge >= 0.3 is 0 Å². The molecule has 3 aliphatic heterocycles. The van der Waals surface area contributed by atoms with E-state index >= 15 is 0 Å². The van der Waals surface area contributed by atoms with Crippen molar-refractivity contribution in [2.45, 2.75) is 53.6 Å². The molecule has 20 heavy (non-hydrogen) atoms. The van der Waals surface area contributed by atoms with Crippen LogP contribution in [0.15, 0.2) is 0 Å². The predicted octanol–water partition coefficient (Wildman–Crippen LogP) is 0.932. The van der Waals surface area contributed by atoms with Gasteiger partial charge < -0.3 is 24.1 Å². The van der Waals surface area contributed by atoms with Crippen molar-refractivity contribution in [2.24, 2.45) is 0 Å². The minimum atomic E-state index is -1.78. The van der Waals surface area contributed by atoms with E-state index in [1.165, 1.54) is 6.92 Å². The number of rotatable bonds is 2. The van der Waals surface area contributed by atoms with Crippen molar-refractivity contribution in [1.29, 1.82) is 0 Å². The Morgan fingerprint density at radius 3 is 2.60 bits per heavy atom. The number of alkyl halides is 3. The molecule has 0 aromatic rings. The van der Waals surface area contributed by atoms with Crippen molar-refractivity contribution in [3.05, 3.63) is 0 Å². The molecule has 3 heterocycles. The zero-order valence-corrected chi connectivity index (χ0v) is 12.7. The van der Waals surface area contributed by atoms with E-state index in [1.807, 2.05) is 0 Å². The van der Waals surface area contributed by atoms with Gasteiger partial charge in [0.05, 0.1) is 6.61 Å². The lowest BCUT2D eigenvalue weighted by atomic mass is 9.87. The smallest absolute Gasteiger partial charge is 0.241 e. The number of ether oxygens (including phenoxy) is 4. The average Bonchev–Trinajstić information content (AvgIpc) is 2.90. The number of aliphatic hydroxyl groups excluding tert-OH is 1. The molecule has 0 aliphatic carbocycles. The summed E-state index contributed by atoms with van der Waals surface area (Å²) in [6.45, 7) is 1.48. The minimum absolute atomic E-state index is 0.0336. The van der Waals surface area contributed by atoms with E-state index in [1.54, 1.807) is 0 Å². The molecule has 0 unspecified atom stereocenters. The van der Waals surface area contributed by atoms with Crippen LogP contribution in [0, 0.1) is 0 Å². The topological polar surface area (TPSA) is 74.2 Å². The Morgan fingerprint density at radius 1 is 1.30 bits per heavy atom. The zero-order valence-electron chi connectivity index (χ0n) is 10.4. The first-order valence-electron chi connectivity index (χ1n) is 6.08. The number of carbonyl (C=O) groups is 1. The summed E-state index contributed by atoms with van der Waals surface area (Å²) in [6.07, 6.45) is -4.19. The molecular weight excluding hydrogens is 334 g/mol. The fourth-order valence-electron chi connectivity index (χ4n) is 3.00. The molecule has 0 saturated carbocycles. The second kappa shape index (κ2) is 4.93. The van der Waals surface area contributed by atoms with Crippen LogP contribution < -0.4 is 0 Å². The Morgan fingerprint density at radius 2 is 2.00 bits per heavy atom. The Balaban J connectivity index is 1.87. The molecule has 6 nitrogen and oxygen atoms in total. The Hall–Kier alpha value is 0.340. The standard InChI is InChI=1S/C11H13Cl3O6/c1-4(15)2-10-6(5(16)3-17-10)18-8-7(10)19-9(20-8)11(12,13)14/h5-9,16H,2-3H2,1H3/t5-,6-,7+,8-,9-,10+/m1/s1. The summed E-state index contributed by atoms with van der Waals surface area (Å²) in [5.41, 5.74) is -1.10. The van der Waals surface area contributed by atoms with Crippen molar-refractivity contribution < 1.29 is 28.8 Å². The number of halogens is 3. The first-order valence-corrected chi connectivity index (χ1v) is 7.22. The molecule has 0 radical (unpaired) electrons. The quantitative estimate of drug-likeness (QED) is 0.749. The van der Waals surface area contributed by atoms with Gasteiger partial charge in [0.2, 0.25) is 10.1 Å². The van der Waals surface area contributed by atoms with Crippen LogP contribution in [0.1, 0.15) is 13.3 Å². The summed E-state index contributed by atoms with van der Waals surface area (Å²) in [7, 11) is 0. The van der Waals surface area contributed by atoms with Gasteiger partial charge in [0.25, 0.3) is 0 Å². The Kier molecular flexibility index (Phi) is 3.75. The highest BCUT2D eigenvalue weighted by molar-refractivity contribution is 6.67. The maximum absolute atomic E-state index is 11.5. The minimum Gasteiger partial charge on any atom is -0.388 e. The van der Waals surface area contributed by atoms with E-state index in [-0.39, 0.29) is 18.8 Å². The van der Waals surface area contributed by atoms with Crippen LogP contribution in [0.5, 0.6) is 0 Å². The first kappa shape index (κ1) is 15.2. The lowest BCUT2D eigenvalue weighted by Gasteiger charge is -2.31. The fourth-order valence-corrected chi connectivity index (χ4v) is 3.31. The van der Waals surface area contributed by atoms with Crippen molar-refractivity contribution in [2.75, 3.05) is 6.61 Å². The van der Waals surface area contributed by atoms with E-state index in [9.17, 15) is 9.90 Å². The van der Waals surface area contributed by atoms with Gasteiger partial charge in [-0.25, -0.2) is 0 Å². The molecule has 9 heteroatoms. The maximum Gasteiger partial charge on any atom is 0.241 e. The van der Waals surface area contributed by atoms with E-state index in [0.717, 1.165) is 0 Å². The van der Waals surface area contributed by atoms with Crippen molar-refractivity contribution in [1.82, 2.24) is 0 Å². The van der Waals surface area contributed by atoms with Gasteiger partial charge in [-0.3, -0.25) is 4.79 Å². The molecule has 1 N–H and O–H groups in total. The Labute approximate surface area is 130 Å². The third-order valence-electron chi connectivity index (χ3n) is 3.68. The molecule has 6 atom stereocenters. The molecule has 3 rings (SSSR count). The van der Waals surface area contributed by atoms with Crippen LogP contribution in [0.4, 0.5) is 0 Å². The van der Waals surface area contributed by atoms with Crippen molar-refractivity contribution in [3.63, 3.8) is 0 Å². The van der Waals surface area contributed by atoms with E-state index in [2.05, 4.69) is 0 Å². The monoisotopic (exact) mass is 346 g/mol.